The summed E-state index contributed by atoms with van der Waals surface area (Å²) in [7, 11) is 2.22. The Morgan fingerprint density at radius 2 is 1.49 bits per heavy atom. The molecule has 37 heavy (non-hydrogen) atoms. The number of nitrogens with zero attached hydrogens (tertiary/aromatic N) is 5. The summed E-state index contributed by atoms with van der Waals surface area (Å²) in [6.45, 7) is 4.70. The zero-order valence-corrected chi connectivity index (χ0v) is 22.8. The maximum atomic E-state index is 6.45. The maximum absolute atomic E-state index is 6.45. The predicted molar refractivity (Wildman–Crippen MR) is 152 cm³/mol. The van der Waals surface area contributed by atoms with E-state index in [1.54, 1.807) is 6.33 Å². The van der Waals surface area contributed by atoms with Crippen LogP contribution in [0.25, 0.3) is 22.2 Å². The van der Waals surface area contributed by atoms with E-state index in [9.17, 15) is 0 Å². The second kappa shape index (κ2) is 10.4. The molecule has 4 aromatic rings. The largest absolute Gasteiger partial charge is 0.457 e. The molecule has 3 heterocycles. The Labute approximate surface area is 226 Å². The molecule has 0 bridgehead atoms. The number of anilines is 1. The molecule has 7 nitrogen and oxygen atoms in total. The van der Waals surface area contributed by atoms with Crippen molar-refractivity contribution in [1.29, 1.82) is 0 Å². The van der Waals surface area contributed by atoms with E-state index in [1.165, 1.54) is 39.0 Å². The number of hydrogen-bond acceptors (Lipinski definition) is 6. The topological polar surface area (TPSA) is 72.4 Å². The van der Waals surface area contributed by atoms with E-state index < -0.39 is 0 Å². The van der Waals surface area contributed by atoms with Crippen LogP contribution in [0.15, 0.2) is 65.5 Å². The van der Waals surface area contributed by atoms with Crippen molar-refractivity contribution in [2.45, 2.75) is 37.8 Å². The SMILES string of the molecule is CN1CCN(C2CCC(n3c(Br)c(-c4ccc(Oc5ccccc5)cc4)c4c(N)ncnc43)CC2)CC1. The summed E-state index contributed by atoms with van der Waals surface area (Å²) in [5.41, 5.74) is 9.45. The first-order chi connectivity index (χ1) is 18.1. The standard InChI is InChI=1S/C29H33BrN6O/c1-34-15-17-35(18-16-34)21-9-11-22(12-10-21)36-27(30)25(26-28(31)32-19-33-29(26)36)20-7-13-24(14-8-20)37-23-5-3-2-4-6-23/h2-8,13-14,19,21-22H,9-12,15-18H2,1H3,(H2,31,32,33). The molecule has 2 aromatic heterocycles. The van der Waals surface area contributed by atoms with Crippen LogP contribution in [-0.4, -0.2) is 63.6 Å². The van der Waals surface area contributed by atoms with Gasteiger partial charge in [-0.2, -0.15) is 0 Å². The zero-order chi connectivity index (χ0) is 25.4. The van der Waals surface area contributed by atoms with Crippen molar-refractivity contribution in [2.24, 2.45) is 0 Å². The van der Waals surface area contributed by atoms with E-state index in [2.05, 4.69) is 54.5 Å². The fourth-order valence-electron chi connectivity index (χ4n) is 5.91. The van der Waals surface area contributed by atoms with Gasteiger partial charge < -0.3 is 19.9 Å². The number of likely N-dealkylation sites (N-methyl/N-ethyl adjacent to an activating group) is 1. The Kier molecular flexibility index (Phi) is 6.88. The van der Waals surface area contributed by atoms with E-state index >= 15 is 0 Å². The van der Waals surface area contributed by atoms with E-state index in [4.69, 9.17) is 15.5 Å². The van der Waals surface area contributed by atoms with Gasteiger partial charge in [0.05, 0.1) is 9.99 Å². The summed E-state index contributed by atoms with van der Waals surface area (Å²) in [6, 6.07) is 19.0. The molecule has 0 atom stereocenters. The summed E-state index contributed by atoms with van der Waals surface area (Å²) in [4.78, 5) is 14.2. The minimum atomic E-state index is 0.379. The molecule has 6 rings (SSSR count). The summed E-state index contributed by atoms with van der Waals surface area (Å²) in [5.74, 6) is 2.12. The van der Waals surface area contributed by atoms with E-state index in [0.29, 0.717) is 17.9 Å². The molecule has 8 heteroatoms. The van der Waals surface area contributed by atoms with Gasteiger partial charge in [-0.15, -0.1) is 0 Å². The highest BCUT2D eigenvalue weighted by Crippen LogP contribution is 2.44. The monoisotopic (exact) mass is 560 g/mol. The molecule has 1 saturated heterocycles. The Morgan fingerprint density at radius 1 is 0.838 bits per heavy atom. The first kappa shape index (κ1) is 24.4. The molecular weight excluding hydrogens is 528 g/mol. The third-order valence-electron chi connectivity index (χ3n) is 7.96. The number of para-hydroxylation sites is 1. The molecule has 0 amide bonds. The van der Waals surface area contributed by atoms with Gasteiger partial charge >= 0.3 is 0 Å². The average molecular weight is 562 g/mol. The molecule has 2 aliphatic rings. The number of nitrogens with two attached hydrogens (primary N) is 1. The third kappa shape index (κ3) is 4.85. The van der Waals surface area contributed by atoms with Gasteiger partial charge in [0, 0.05) is 43.8 Å². The molecule has 0 unspecified atom stereocenters. The molecule has 1 saturated carbocycles. The van der Waals surface area contributed by atoms with Gasteiger partial charge in [0.1, 0.15) is 29.3 Å². The highest BCUT2D eigenvalue weighted by Gasteiger charge is 2.31. The predicted octanol–water partition coefficient (Wildman–Crippen LogP) is 5.97. The smallest absolute Gasteiger partial charge is 0.147 e. The van der Waals surface area contributed by atoms with Crippen LogP contribution < -0.4 is 10.5 Å². The lowest BCUT2D eigenvalue weighted by Crippen LogP contribution is -2.49. The minimum Gasteiger partial charge on any atom is -0.457 e. The molecular formula is C29H33BrN6O. The quantitative estimate of drug-likeness (QED) is 0.324. The van der Waals surface area contributed by atoms with Crippen molar-refractivity contribution in [1.82, 2.24) is 24.3 Å². The van der Waals surface area contributed by atoms with Crippen molar-refractivity contribution in [3.8, 4) is 22.6 Å². The van der Waals surface area contributed by atoms with Crippen molar-refractivity contribution in [3.63, 3.8) is 0 Å². The lowest BCUT2D eigenvalue weighted by molar-refractivity contribution is 0.0826. The Morgan fingerprint density at radius 3 is 2.19 bits per heavy atom. The summed E-state index contributed by atoms with van der Waals surface area (Å²) in [6.07, 6.45) is 6.26. The van der Waals surface area contributed by atoms with Gasteiger partial charge in [-0.05, 0) is 78.5 Å². The van der Waals surface area contributed by atoms with Crippen molar-refractivity contribution in [3.05, 3.63) is 65.5 Å². The number of ether oxygens (including phenoxy) is 1. The second-order valence-electron chi connectivity index (χ2n) is 10.2. The van der Waals surface area contributed by atoms with Crippen LogP contribution in [0.5, 0.6) is 11.5 Å². The summed E-state index contributed by atoms with van der Waals surface area (Å²) >= 11 is 3.96. The number of piperazine rings is 1. The zero-order valence-electron chi connectivity index (χ0n) is 21.2. The van der Waals surface area contributed by atoms with Crippen LogP contribution >= 0.6 is 15.9 Å². The molecule has 0 spiro atoms. The molecule has 0 radical (unpaired) electrons. The summed E-state index contributed by atoms with van der Waals surface area (Å²) < 4.78 is 9.39. The molecule has 192 valence electrons. The highest BCUT2D eigenvalue weighted by molar-refractivity contribution is 9.10. The van der Waals surface area contributed by atoms with E-state index in [0.717, 1.165) is 51.1 Å². The van der Waals surface area contributed by atoms with Crippen molar-refractivity contribution < 1.29 is 4.74 Å². The Balaban J connectivity index is 1.28. The fourth-order valence-corrected chi connectivity index (χ4v) is 6.79. The fraction of sp³-hybridized carbons (Fsp3) is 0.379. The van der Waals surface area contributed by atoms with Gasteiger partial charge in [-0.3, -0.25) is 4.90 Å². The van der Waals surface area contributed by atoms with Crippen molar-refractivity contribution >= 4 is 32.8 Å². The first-order valence-electron chi connectivity index (χ1n) is 13.1. The normalized spacial score (nSPS) is 21.4. The molecule has 1 aliphatic carbocycles. The minimum absolute atomic E-state index is 0.379. The van der Waals surface area contributed by atoms with Crippen LogP contribution in [0, 0.1) is 0 Å². The van der Waals surface area contributed by atoms with E-state index in [-0.39, 0.29) is 0 Å². The second-order valence-corrected chi connectivity index (χ2v) is 11.0. The van der Waals surface area contributed by atoms with Gasteiger partial charge in [-0.25, -0.2) is 9.97 Å². The van der Waals surface area contributed by atoms with Crippen LogP contribution in [0.4, 0.5) is 5.82 Å². The first-order valence-corrected chi connectivity index (χ1v) is 13.9. The number of benzene rings is 2. The number of nitrogen functional groups attached to an aromatic ring is 1. The van der Waals surface area contributed by atoms with E-state index in [1.807, 2.05) is 42.5 Å². The molecule has 2 N–H and O–H groups in total. The van der Waals surface area contributed by atoms with Crippen molar-refractivity contribution in [2.75, 3.05) is 39.0 Å². The lowest BCUT2D eigenvalue weighted by atomic mass is 9.89. The number of aromatic nitrogens is 3. The number of hydrogen-bond donors (Lipinski definition) is 1. The van der Waals surface area contributed by atoms with Crippen LogP contribution in [0.1, 0.15) is 31.7 Å². The van der Waals surface area contributed by atoms with Crippen LogP contribution in [0.2, 0.25) is 0 Å². The molecule has 1 aliphatic heterocycles. The van der Waals surface area contributed by atoms with Gasteiger partial charge in [0.2, 0.25) is 0 Å². The van der Waals surface area contributed by atoms with Crippen LogP contribution in [0.3, 0.4) is 0 Å². The Bertz CT molecular complexity index is 1360. The lowest BCUT2D eigenvalue weighted by Gasteiger charge is -2.41. The molecule has 2 aromatic carbocycles. The number of fused-ring (bicyclic) bond motifs is 1. The summed E-state index contributed by atoms with van der Waals surface area (Å²) in [5, 5.41) is 0.910. The third-order valence-corrected chi connectivity index (χ3v) is 8.74. The molecule has 2 fully saturated rings. The maximum Gasteiger partial charge on any atom is 0.147 e. The average Bonchev–Trinajstić information content (AvgIpc) is 3.23. The van der Waals surface area contributed by atoms with Crippen LogP contribution in [-0.2, 0) is 0 Å². The number of halogens is 1. The Hall–Kier alpha value is -2.94. The number of rotatable bonds is 5. The van der Waals surface area contributed by atoms with Gasteiger partial charge in [-0.1, -0.05) is 30.3 Å². The highest BCUT2D eigenvalue weighted by atomic mass is 79.9. The van der Waals surface area contributed by atoms with Gasteiger partial charge in [0.15, 0.2) is 0 Å². The van der Waals surface area contributed by atoms with Gasteiger partial charge in [0.25, 0.3) is 0 Å².